The van der Waals surface area contributed by atoms with Crippen LogP contribution in [0.2, 0.25) is 5.02 Å². The molecule has 0 radical (unpaired) electrons. The topological polar surface area (TPSA) is 58.2 Å². The van der Waals surface area contributed by atoms with E-state index in [9.17, 15) is 4.79 Å². The van der Waals surface area contributed by atoms with Crippen molar-refractivity contribution in [1.29, 1.82) is 0 Å². The van der Waals surface area contributed by atoms with Crippen LogP contribution in [-0.4, -0.2) is 41.1 Å². The van der Waals surface area contributed by atoms with Gasteiger partial charge in [0, 0.05) is 6.54 Å². The minimum absolute atomic E-state index is 0.0648. The van der Waals surface area contributed by atoms with Gasteiger partial charge in [0.2, 0.25) is 0 Å². The monoisotopic (exact) mass is 277 g/mol. The van der Waals surface area contributed by atoms with Crippen molar-refractivity contribution >= 4 is 29.0 Å². The predicted octanol–water partition coefficient (Wildman–Crippen LogP) is 1.26. The van der Waals surface area contributed by atoms with Crippen LogP contribution in [0.5, 0.6) is 0 Å². The quantitative estimate of drug-likeness (QED) is 0.827. The van der Waals surface area contributed by atoms with Crippen LogP contribution in [0.4, 0.5) is 5.82 Å². The van der Waals surface area contributed by atoms with E-state index in [-0.39, 0.29) is 22.7 Å². The van der Waals surface area contributed by atoms with Crippen LogP contribution in [0.15, 0.2) is 11.1 Å². The summed E-state index contributed by atoms with van der Waals surface area (Å²) in [6, 6.07) is 0.112. The number of anilines is 1. The Morgan fingerprint density at radius 3 is 3.18 bits per heavy atom. The molecule has 1 N–H and O–H groups in total. The molecule has 0 aliphatic carbocycles. The lowest BCUT2D eigenvalue weighted by molar-refractivity contribution is 0.0361. The summed E-state index contributed by atoms with van der Waals surface area (Å²) in [4.78, 5) is 19.9. The van der Waals surface area contributed by atoms with E-state index in [1.807, 2.05) is 11.8 Å². The summed E-state index contributed by atoms with van der Waals surface area (Å²) in [7, 11) is 0. The van der Waals surface area contributed by atoms with Gasteiger partial charge in [0.25, 0.3) is 5.56 Å². The predicted molar refractivity (Wildman–Crippen MR) is 67.1 cm³/mol. The molecule has 1 saturated heterocycles. The fourth-order valence-electron chi connectivity index (χ4n) is 1.78. The van der Waals surface area contributed by atoms with Crippen LogP contribution in [0.25, 0.3) is 0 Å². The fourth-order valence-corrected chi connectivity index (χ4v) is 2.18. The highest BCUT2D eigenvalue weighted by atomic mass is 35.5. The normalized spacial score (nSPS) is 25.0. The summed E-state index contributed by atoms with van der Waals surface area (Å²) in [6.45, 7) is 3.12. The van der Waals surface area contributed by atoms with E-state index in [0.29, 0.717) is 24.8 Å². The maximum absolute atomic E-state index is 11.4. The molecule has 2 heterocycles. The van der Waals surface area contributed by atoms with Crippen molar-refractivity contribution in [3.05, 3.63) is 21.7 Å². The molecule has 1 aromatic heterocycles. The van der Waals surface area contributed by atoms with Crippen LogP contribution in [0.1, 0.15) is 6.92 Å². The molecule has 0 saturated carbocycles. The Labute approximate surface area is 109 Å². The van der Waals surface area contributed by atoms with Crippen molar-refractivity contribution in [1.82, 2.24) is 9.97 Å². The fraction of sp³-hybridized carbons (Fsp3) is 0.600. The van der Waals surface area contributed by atoms with Crippen molar-refractivity contribution in [2.45, 2.75) is 19.1 Å². The highest BCUT2D eigenvalue weighted by Crippen LogP contribution is 2.24. The van der Waals surface area contributed by atoms with Crippen molar-refractivity contribution in [3.63, 3.8) is 0 Å². The van der Waals surface area contributed by atoms with Crippen LogP contribution < -0.4 is 10.5 Å². The second-order valence-electron chi connectivity index (χ2n) is 3.98. The summed E-state index contributed by atoms with van der Waals surface area (Å²) in [5.74, 6) is 0.894. The second kappa shape index (κ2) is 5.25. The molecule has 2 unspecified atom stereocenters. The Morgan fingerprint density at radius 1 is 1.71 bits per heavy atom. The van der Waals surface area contributed by atoms with E-state index in [1.54, 1.807) is 0 Å². The molecule has 1 aliphatic rings. The summed E-state index contributed by atoms with van der Waals surface area (Å²) in [5, 5.41) is 0.106. The molecule has 1 aliphatic heterocycles. The van der Waals surface area contributed by atoms with E-state index in [1.165, 1.54) is 6.33 Å². The molecule has 1 fully saturated rings. The Hall–Kier alpha value is -0.780. The SMILES string of the molecule is CC1COC(CCl)CN1c1nc[nH]c(=O)c1Cl. The first-order valence-electron chi connectivity index (χ1n) is 5.31. The van der Waals surface area contributed by atoms with Gasteiger partial charge in [0.15, 0.2) is 5.82 Å². The number of ether oxygens (including phenoxy) is 1. The van der Waals surface area contributed by atoms with E-state index in [2.05, 4.69) is 9.97 Å². The third kappa shape index (κ3) is 2.56. The van der Waals surface area contributed by atoms with E-state index in [0.717, 1.165) is 0 Å². The highest BCUT2D eigenvalue weighted by molar-refractivity contribution is 6.32. The van der Waals surface area contributed by atoms with Gasteiger partial charge in [-0.1, -0.05) is 11.6 Å². The zero-order chi connectivity index (χ0) is 12.4. The number of rotatable bonds is 2. The first kappa shape index (κ1) is 12.7. The molecule has 0 spiro atoms. The summed E-state index contributed by atoms with van der Waals surface area (Å²) < 4.78 is 5.53. The van der Waals surface area contributed by atoms with Crippen molar-refractivity contribution in [2.75, 3.05) is 23.9 Å². The van der Waals surface area contributed by atoms with E-state index in [4.69, 9.17) is 27.9 Å². The van der Waals surface area contributed by atoms with Crippen LogP contribution in [-0.2, 0) is 4.74 Å². The number of nitrogens with zero attached hydrogens (tertiary/aromatic N) is 2. The molecular weight excluding hydrogens is 265 g/mol. The number of hydrogen-bond donors (Lipinski definition) is 1. The van der Waals surface area contributed by atoms with Gasteiger partial charge in [-0.15, -0.1) is 11.6 Å². The van der Waals surface area contributed by atoms with Gasteiger partial charge in [0.05, 0.1) is 31.0 Å². The first-order valence-corrected chi connectivity index (χ1v) is 6.22. The number of halogens is 2. The standard InChI is InChI=1S/C10H13Cl2N3O2/c1-6-4-17-7(2-11)3-15(6)9-8(12)10(16)14-5-13-9/h5-7H,2-4H2,1H3,(H,13,14,16). The summed E-state index contributed by atoms with van der Waals surface area (Å²) in [5.41, 5.74) is -0.335. The van der Waals surface area contributed by atoms with Gasteiger partial charge in [-0.3, -0.25) is 4.79 Å². The zero-order valence-corrected chi connectivity index (χ0v) is 10.8. The minimum Gasteiger partial charge on any atom is -0.373 e. The van der Waals surface area contributed by atoms with E-state index >= 15 is 0 Å². The third-order valence-electron chi connectivity index (χ3n) is 2.73. The number of nitrogens with one attached hydrogen (secondary N) is 1. The average Bonchev–Trinajstić information content (AvgIpc) is 2.34. The summed E-state index contributed by atoms with van der Waals surface area (Å²) >= 11 is 11.7. The lowest BCUT2D eigenvalue weighted by Crippen LogP contribution is -2.49. The third-order valence-corrected chi connectivity index (χ3v) is 3.41. The van der Waals surface area contributed by atoms with E-state index < -0.39 is 0 Å². The smallest absolute Gasteiger partial charge is 0.271 e. The van der Waals surface area contributed by atoms with Crippen molar-refractivity contribution in [3.8, 4) is 0 Å². The zero-order valence-electron chi connectivity index (χ0n) is 9.32. The Balaban J connectivity index is 2.31. The van der Waals surface area contributed by atoms with Crippen molar-refractivity contribution < 1.29 is 4.74 Å². The molecule has 5 nitrogen and oxygen atoms in total. The van der Waals surface area contributed by atoms with Gasteiger partial charge in [-0.05, 0) is 6.92 Å². The highest BCUT2D eigenvalue weighted by Gasteiger charge is 2.28. The van der Waals surface area contributed by atoms with Crippen LogP contribution in [0.3, 0.4) is 0 Å². The van der Waals surface area contributed by atoms with Gasteiger partial charge in [-0.25, -0.2) is 4.98 Å². The molecule has 7 heteroatoms. The van der Waals surface area contributed by atoms with Crippen molar-refractivity contribution in [2.24, 2.45) is 0 Å². The summed E-state index contributed by atoms with van der Waals surface area (Å²) in [6.07, 6.45) is 1.28. The maximum Gasteiger partial charge on any atom is 0.271 e. The lowest BCUT2D eigenvalue weighted by atomic mass is 10.2. The number of alkyl halides is 1. The minimum atomic E-state index is -0.335. The number of aromatic amines is 1. The largest absolute Gasteiger partial charge is 0.373 e. The molecule has 17 heavy (non-hydrogen) atoms. The van der Waals surface area contributed by atoms with Gasteiger partial charge in [-0.2, -0.15) is 0 Å². The van der Waals surface area contributed by atoms with Crippen LogP contribution in [0, 0.1) is 0 Å². The van der Waals surface area contributed by atoms with Crippen LogP contribution >= 0.6 is 23.2 Å². The Morgan fingerprint density at radius 2 is 2.47 bits per heavy atom. The Kier molecular flexibility index (Phi) is 3.91. The number of morpholine rings is 1. The number of aromatic nitrogens is 2. The average molecular weight is 278 g/mol. The molecule has 2 atom stereocenters. The molecule has 94 valence electrons. The van der Waals surface area contributed by atoms with Gasteiger partial charge < -0.3 is 14.6 Å². The Bertz CT molecular complexity index is 451. The molecular formula is C10H13Cl2N3O2. The lowest BCUT2D eigenvalue weighted by Gasteiger charge is -2.38. The molecule has 0 bridgehead atoms. The molecule has 0 aromatic carbocycles. The van der Waals surface area contributed by atoms with Gasteiger partial charge in [0.1, 0.15) is 5.02 Å². The maximum atomic E-state index is 11.4. The molecule has 0 amide bonds. The van der Waals surface area contributed by atoms with Gasteiger partial charge >= 0.3 is 0 Å². The molecule has 1 aromatic rings. The number of H-pyrrole nitrogens is 1. The number of hydrogen-bond acceptors (Lipinski definition) is 4. The first-order chi connectivity index (χ1) is 8.13. The molecule has 2 rings (SSSR count). The second-order valence-corrected chi connectivity index (χ2v) is 4.67.